The van der Waals surface area contributed by atoms with E-state index >= 15 is 0 Å². The highest BCUT2D eigenvalue weighted by molar-refractivity contribution is 5.40. The minimum Gasteiger partial charge on any atom is -0.399 e. The molecule has 0 aliphatic carbocycles. The number of hydrogen-bond acceptors (Lipinski definition) is 2. The third-order valence-corrected chi connectivity index (χ3v) is 3.32. The number of nitrogen functional groups attached to an aromatic ring is 1. The van der Waals surface area contributed by atoms with Gasteiger partial charge in [-0.15, -0.1) is 0 Å². The van der Waals surface area contributed by atoms with Crippen LogP contribution in [0.2, 0.25) is 0 Å². The van der Waals surface area contributed by atoms with Crippen LogP contribution in [0.4, 0.5) is 5.69 Å². The van der Waals surface area contributed by atoms with Gasteiger partial charge in [-0.2, -0.15) is 0 Å². The molecule has 2 heteroatoms. The van der Waals surface area contributed by atoms with Gasteiger partial charge < -0.3 is 5.73 Å². The highest BCUT2D eigenvalue weighted by Gasteiger charge is 2.08. The zero-order valence-corrected chi connectivity index (χ0v) is 11.9. The number of benzene rings is 1. The molecule has 100 valence electrons. The van der Waals surface area contributed by atoms with E-state index < -0.39 is 0 Å². The zero-order chi connectivity index (χ0) is 13.5. The maximum absolute atomic E-state index is 5.71. The molecular formula is C16H26N2. The highest BCUT2D eigenvalue weighted by atomic mass is 15.1. The third-order valence-electron chi connectivity index (χ3n) is 3.32. The molecule has 1 aromatic rings. The number of anilines is 1. The molecule has 0 saturated carbocycles. The van der Waals surface area contributed by atoms with Gasteiger partial charge >= 0.3 is 0 Å². The molecule has 0 fully saturated rings. The van der Waals surface area contributed by atoms with Crippen LogP contribution in [0.25, 0.3) is 0 Å². The van der Waals surface area contributed by atoms with E-state index in [0.29, 0.717) is 5.92 Å². The van der Waals surface area contributed by atoms with Gasteiger partial charge in [0.1, 0.15) is 0 Å². The van der Waals surface area contributed by atoms with Crippen LogP contribution in [0.5, 0.6) is 0 Å². The summed E-state index contributed by atoms with van der Waals surface area (Å²) in [7, 11) is 0. The Labute approximate surface area is 111 Å². The number of rotatable bonds is 7. The number of likely N-dealkylation sites (N-methyl/N-ethyl adjacent to an activating group) is 1. The number of nitrogens with two attached hydrogens (primary N) is 1. The summed E-state index contributed by atoms with van der Waals surface area (Å²) >= 11 is 0. The van der Waals surface area contributed by atoms with Crippen molar-refractivity contribution in [3.63, 3.8) is 0 Å². The van der Waals surface area contributed by atoms with Gasteiger partial charge in [0.25, 0.3) is 0 Å². The molecule has 2 nitrogen and oxygen atoms in total. The fourth-order valence-corrected chi connectivity index (χ4v) is 2.10. The van der Waals surface area contributed by atoms with Gasteiger partial charge in [0.15, 0.2) is 0 Å². The second-order valence-corrected chi connectivity index (χ2v) is 5.18. The molecule has 1 atom stereocenters. The highest BCUT2D eigenvalue weighted by Crippen LogP contribution is 2.20. The maximum atomic E-state index is 5.71. The van der Waals surface area contributed by atoms with Crippen LogP contribution in [0, 0.1) is 0 Å². The predicted molar refractivity (Wildman–Crippen MR) is 80.8 cm³/mol. The van der Waals surface area contributed by atoms with Crippen molar-refractivity contribution in [2.75, 3.05) is 25.4 Å². The van der Waals surface area contributed by atoms with Crippen molar-refractivity contribution in [3.05, 3.63) is 42.0 Å². The van der Waals surface area contributed by atoms with Crippen LogP contribution >= 0.6 is 0 Å². The second-order valence-electron chi connectivity index (χ2n) is 5.18. The van der Waals surface area contributed by atoms with E-state index in [-0.39, 0.29) is 0 Å². The lowest BCUT2D eigenvalue weighted by Crippen LogP contribution is -2.27. The Bertz CT molecular complexity index is 367. The van der Waals surface area contributed by atoms with Gasteiger partial charge in [-0.05, 0) is 50.0 Å². The quantitative estimate of drug-likeness (QED) is 0.587. The summed E-state index contributed by atoms with van der Waals surface area (Å²) in [5.41, 5.74) is 9.15. The van der Waals surface area contributed by atoms with Crippen molar-refractivity contribution in [1.29, 1.82) is 0 Å². The summed E-state index contributed by atoms with van der Waals surface area (Å²) in [6.07, 6.45) is 1.17. The number of nitrogens with zero attached hydrogens (tertiary/aromatic N) is 1. The molecule has 2 N–H and O–H groups in total. The van der Waals surface area contributed by atoms with Crippen molar-refractivity contribution in [1.82, 2.24) is 4.90 Å². The largest absolute Gasteiger partial charge is 0.399 e. The summed E-state index contributed by atoms with van der Waals surface area (Å²) in [6, 6.07) is 8.23. The summed E-state index contributed by atoms with van der Waals surface area (Å²) in [6.45, 7) is 13.8. The van der Waals surface area contributed by atoms with E-state index in [0.717, 1.165) is 25.3 Å². The zero-order valence-electron chi connectivity index (χ0n) is 11.9. The van der Waals surface area contributed by atoms with Crippen molar-refractivity contribution in [2.45, 2.75) is 33.1 Å². The van der Waals surface area contributed by atoms with Crippen LogP contribution in [0.15, 0.2) is 36.4 Å². The van der Waals surface area contributed by atoms with Gasteiger partial charge in [-0.1, -0.05) is 38.1 Å². The standard InChI is InChI=1S/C16H26N2/c1-5-18(12-13(2)3)11-10-14(4)15-6-8-16(17)9-7-15/h6-9,14H,2,5,10-12,17H2,1,3-4H3. The lowest BCUT2D eigenvalue weighted by molar-refractivity contribution is 0.300. The predicted octanol–water partition coefficient (Wildman–Crippen LogP) is 3.66. The van der Waals surface area contributed by atoms with Gasteiger partial charge in [-0.3, -0.25) is 4.90 Å². The molecule has 0 spiro atoms. The van der Waals surface area contributed by atoms with Crippen LogP contribution < -0.4 is 5.73 Å². The summed E-state index contributed by atoms with van der Waals surface area (Å²) in [4.78, 5) is 2.44. The topological polar surface area (TPSA) is 29.3 Å². The third kappa shape index (κ3) is 4.92. The van der Waals surface area contributed by atoms with Crippen LogP contribution in [-0.2, 0) is 0 Å². The Hall–Kier alpha value is -1.28. The average Bonchev–Trinajstić information content (AvgIpc) is 2.34. The summed E-state index contributed by atoms with van der Waals surface area (Å²) in [5, 5.41) is 0. The van der Waals surface area contributed by atoms with E-state index in [1.54, 1.807) is 0 Å². The van der Waals surface area contributed by atoms with E-state index in [9.17, 15) is 0 Å². The average molecular weight is 246 g/mol. The molecule has 1 rings (SSSR count). The van der Waals surface area contributed by atoms with Crippen molar-refractivity contribution in [3.8, 4) is 0 Å². The van der Waals surface area contributed by atoms with Crippen LogP contribution in [-0.4, -0.2) is 24.5 Å². The molecule has 18 heavy (non-hydrogen) atoms. The monoisotopic (exact) mass is 246 g/mol. The van der Waals surface area contributed by atoms with Crippen LogP contribution in [0.3, 0.4) is 0 Å². The Morgan fingerprint density at radius 2 is 1.94 bits per heavy atom. The fraction of sp³-hybridized carbons (Fsp3) is 0.500. The van der Waals surface area contributed by atoms with Gasteiger partial charge in [0.2, 0.25) is 0 Å². The molecular weight excluding hydrogens is 220 g/mol. The molecule has 0 aliphatic heterocycles. The molecule has 0 aliphatic rings. The number of hydrogen-bond donors (Lipinski definition) is 1. The van der Waals surface area contributed by atoms with E-state index in [2.05, 4.69) is 44.4 Å². The van der Waals surface area contributed by atoms with Gasteiger partial charge in [0, 0.05) is 12.2 Å². The van der Waals surface area contributed by atoms with Crippen LogP contribution in [0.1, 0.15) is 38.7 Å². The molecule has 0 bridgehead atoms. The summed E-state index contributed by atoms with van der Waals surface area (Å²) in [5.74, 6) is 0.574. The molecule has 0 heterocycles. The summed E-state index contributed by atoms with van der Waals surface area (Å²) < 4.78 is 0. The maximum Gasteiger partial charge on any atom is 0.0314 e. The first-order valence-electron chi connectivity index (χ1n) is 6.75. The normalized spacial score (nSPS) is 12.7. The Kier molecular flexibility index (Phi) is 5.93. The fourth-order valence-electron chi connectivity index (χ4n) is 2.10. The van der Waals surface area contributed by atoms with Crippen molar-refractivity contribution >= 4 is 5.69 Å². The molecule has 1 unspecified atom stereocenters. The molecule has 0 radical (unpaired) electrons. The first kappa shape index (κ1) is 14.8. The Balaban J connectivity index is 2.46. The van der Waals surface area contributed by atoms with E-state index in [4.69, 9.17) is 5.73 Å². The Morgan fingerprint density at radius 1 is 1.33 bits per heavy atom. The SMILES string of the molecule is C=C(C)CN(CC)CCC(C)c1ccc(N)cc1. The molecule has 0 saturated heterocycles. The molecule has 0 aromatic heterocycles. The first-order chi connectivity index (χ1) is 8.52. The van der Waals surface area contributed by atoms with Gasteiger partial charge in [0.05, 0.1) is 0 Å². The van der Waals surface area contributed by atoms with Crippen molar-refractivity contribution < 1.29 is 0 Å². The van der Waals surface area contributed by atoms with E-state index in [1.807, 2.05) is 12.1 Å². The lowest BCUT2D eigenvalue weighted by atomic mass is 9.97. The molecule has 0 amide bonds. The smallest absolute Gasteiger partial charge is 0.0314 e. The minimum atomic E-state index is 0.574. The van der Waals surface area contributed by atoms with E-state index in [1.165, 1.54) is 17.6 Å². The second kappa shape index (κ2) is 7.22. The first-order valence-corrected chi connectivity index (χ1v) is 6.75. The lowest BCUT2D eigenvalue weighted by Gasteiger charge is -2.22. The minimum absolute atomic E-state index is 0.574. The van der Waals surface area contributed by atoms with Gasteiger partial charge in [-0.25, -0.2) is 0 Å². The Morgan fingerprint density at radius 3 is 2.44 bits per heavy atom. The molecule has 1 aromatic carbocycles. The van der Waals surface area contributed by atoms with Crippen molar-refractivity contribution in [2.24, 2.45) is 0 Å².